The lowest BCUT2D eigenvalue weighted by atomic mass is 10.2. The van der Waals surface area contributed by atoms with E-state index >= 15 is 0 Å². The number of amides is 1. The van der Waals surface area contributed by atoms with Crippen LogP contribution >= 0.6 is 11.6 Å². The van der Waals surface area contributed by atoms with Gasteiger partial charge in [0.05, 0.1) is 49.4 Å². The van der Waals surface area contributed by atoms with Crippen molar-refractivity contribution in [2.24, 2.45) is 0 Å². The summed E-state index contributed by atoms with van der Waals surface area (Å²) in [6.45, 7) is 8.46. The van der Waals surface area contributed by atoms with E-state index in [2.05, 4.69) is 6.92 Å². The number of rotatable bonds is 4. The molecule has 1 saturated heterocycles. The number of hydrogen-bond acceptors (Lipinski definition) is 3. The van der Waals surface area contributed by atoms with Gasteiger partial charge in [-0.25, -0.2) is 0 Å². The first kappa shape index (κ1) is 16.6. The maximum absolute atomic E-state index is 12.4. The Morgan fingerprint density at radius 1 is 1.50 bits per heavy atom. The van der Waals surface area contributed by atoms with Crippen LogP contribution in [0.15, 0.2) is 18.2 Å². The Balaban J connectivity index is 1.96. The first-order valence-electron chi connectivity index (χ1n) is 7.53. The van der Waals surface area contributed by atoms with E-state index in [0.717, 1.165) is 32.7 Å². The third-order valence-corrected chi connectivity index (χ3v) is 4.29. The molecule has 1 aliphatic rings. The van der Waals surface area contributed by atoms with Crippen molar-refractivity contribution >= 4 is 17.5 Å². The van der Waals surface area contributed by atoms with E-state index in [0.29, 0.717) is 16.3 Å². The van der Waals surface area contributed by atoms with E-state index in [4.69, 9.17) is 21.6 Å². The molecule has 5 nitrogen and oxygen atoms in total. The summed E-state index contributed by atoms with van der Waals surface area (Å²) in [5.41, 5.74) is 0.468. The normalized spacial score (nSPS) is 16.9. The number of carbonyl (C=O) groups is 1. The molecule has 0 saturated carbocycles. The molecule has 1 heterocycles. The molecule has 118 valence electrons. The number of benzene rings is 1. The highest BCUT2D eigenvalue weighted by Gasteiger charge is 2.27. The minimum absolute atomic E-state index is 0.0180. The van der Waals surface area contributed by atoms with Crippen LogP contribution in [0.4, 0.5) is 0 Å². The standard InChI is InChI=1S/C16H20ClN3O2/c1-3-19-6-8-20(9-7-19)16(21)12(2)22-15-5-4-13(11-18)10-14(15)17/h4-5,10,12H,3,6-9H2,1-2H3/p+1/t12-/m0/s1. The van der Waals surface area contributed by atoms with Gasteiger partial charge in [-0.15, -0.1) is 0 Å². The first-order valence-corrected chi connectivity index (χ1v) is 7.91. The van der Waals surface area contributed by atoms with E-state index in [9.17, 15) is 4.79 Å². The lowest BCUT2D eigenvalue weighted by Gasteiger charge is -2.33. The van der Waals surface area contributed by atoms with Crippen LogP contribution in [0.5, 0.6) is 5.75 Å². The van der Waals surface area contributed by atoms with Gasteiger partial charge in [0.2, 0.25) is 0 Å². The van der Waals surface area contributed by atoms with Crippen LogP contribution in [0, 0.1) is 11.3 Å². The number of hydrogen-bond donors (Lipinski definition) is 1. The lowest BCUT2D eigenvalue weighted by molar-refractivity contribution is -0.902. The summed E-state index contributed by atoms with van der Waals surface area (Å²) in [6, 6.07) is 6.81. The Hall–Kier alpha value is -1.77. The van der Waals surface area contributed by atoms with E-state index in [1.165, 1.54) is 11.0 Å². The van der Waals surface area contributed by atoms with Crippen LogP contribution in [0.25, 0.3) is 0 Å². The van der Waals surface area contributed by atoms with Gasteiger partial charge in [-0.2, -0.15) is 5.26 Å². The first-order chi connectivity index (χ1) is 10.5. The Labute approximate surface area is 136 Å². The molecule has 1 fully saturated rings. The summed E-state index contributed by atoms with van der Waals surface area (Å²) in [4.78, 5) is 15.8. The zero-order valence-electron chi connectivity index (χ0n) is 12.9. The summed E-state index contributed by atoms with van der Waals surface area (Å²) in [7, 11) is 0. The number of carbonyl (C=O) groups excluding carboxylic acids is 1. The van der Waals surface area contributed by atoms with Gasteiger partial charge in [0, 0.05) is 0 Å². The maximum Gasteiger partial charge on any atom is 0.263 e. The van der Waals surface area contributed by atoms with Crippen LogP contribution in [0.3, 0.4) is 0 Å². The molecule has 0 radical (unpaired) electrons. The van der Waals surface area contributed by atoms with Crippen molar-refractivity contribution in [3.8, 4) is 11.8 Å². The van der Waals surface area contributed by atoms with Crippen LogP contribution in [0.1, 0.15) is 19.4 Å². The molecule has 0 spiro atoms. The van der Waals surface area contributed by atoms with Crippen molar-refractivity contribution in [1.29, 1.82) is 5.26 Å². The molecule has 2 rings (SSSR count). The van der Waals surface area contributed by atoms with Crippen LogP contribution in [0.2, 0.25) is 5.02 Å². The minimum Gasteiger partial charge on any atom is -0.479 e. The second kappa shape index (κ2) is 7.48. The van der Waals surface area contributed by atoms with Gasteiger partial charge < -0.3 is 14.5 Å². The summed E-state index contributed by atoms with van der Waals surface area (Å²) in [6.07, 6.45) is -0.589. The second-order valence-corrected chi connectivity index (χ2v) is 5.85. The molecule has 1 atom stereocenters. The lowest BCUT2D eigenvalue weighted by Crippen LogP contribution is -3.14. The molecule has 22 heavy (non-hydrogen) atoms. The summed E-state index contributed by atoms with van der Waals surface area (Å²) in [5.74, 6) is 0.412. The molecule has 1 aliphatic heterocycles. The third-order valence-electron chi connectivity index (χ3n) is 3.99. The molecule has 6 heteroatoms. The number of ether oxygens (including phenoxy) is 1. The molecule has 0 unspecified atom stereocenters. The van der Waals surface area contributed by atoms with E-state index < -0.39 is 6.10 Å². The zero-order chi connectivity index (χ0) is 16.1. The van der Waals surface area contributed by atoms with Crippen molar-refractivity contribution in [2.75, 3.05) is 32.7 Å². The van der Waals surface area contributed by atoms with Gasteiger partial charge >= 0.3 is 0 Å². The Morgan fingerprint density at radius 3 is 2.73 bits per heavy atom. The molecule has 1 aromatic carbocycles. The highest BCUT2D eigenvalue weighted by atomic mass is 35.5. The molecular weight excluding hydrogens is 302 g/mol. The van der Waals surface area contributed by atoms with Crippen LogP contribution < -0.4 is 9.64 Å². The molecule has 0 aromatic heterocycles. The van der Waals surface area contributed by atoms with Gasteiger partial charge in [-0.3, -0.25) is 4.79 Å². The zero-order valence-corrected chi connectivity index (χ0v) is 13.7. The number of quaternary nitrogens is 1. The molecule has 0 bridgehead atoms. The van der Waals surface area contributed by atoms with E-state index in [1.54, 1.807) is 19.1 Å². The predicted molar refractivity (Wildman–Crippen MR) is 84.1 cm³/mol. The van der Waals surface area contributed by atoms with E-state index in [1.807, 2.05) is 11.0 Å². The molecule has 1 N–H and O–H groups in total. The van der Waals surface area contributed by atoms with Crippen molar-refractivity contribution < 1.29 is 14.4 Å². The summed E-state index contributed by atoms with van der Waals surface area (Å²) >= 11 is 6.08. The summed E-state index contributed by atoms with van der Waals surface area (Å²) in [5, 5.41) is 9.17. The summed E-state index contributed by atoms with van der Waals surface area (Å²) < 4.78 is 5.67. The average molecular weight is 323 g/mol. The Bertz CT molecular complexity index is 577. The number of halogens is 1. The van der Waals surface area contributed by atoms with E-state index in [-0.39, 0.29) is 5.91 Å². The van der Waals surface area contributed by atoms with Gasteiger partial charge in [0.15, 0.2) is 6.10 Å². The highest BCUT2D eigenvalue weighted by Crippen LogP contribution is 2.26. The average Bonchev–Trinajstić information content (AvgIpc) is 2.56. The number of piperazine rings is 1. The van der Waals surface area contributed by atoms with Crippen LogP contribution in [-0.2, 0) is 4.79 Å². The molecular formula is C16H21ClN3O2+. The monoisotopic (exact) mass is 322 g/mol. The van der Waals surface area contributed by atoms with Crippen molar-refractivity contribution in [1.82, 2.24) is 4.90 Å². The van der Waals surface area contributed by atoms with Crippen molar-refractivity contribution in [3.05, 3.63) is 28.8 Å². The quantitative estimate of drug-likeness (QED) is 0.889. The predicted octanol–water partition coefficient (Wildman–Crippen LogP) is 0.726. The van der Waals surface area contributed by atoms with Gasteiger partial charge in [-0.05, 0) is 32.0 Å². The molecule has 0 aliphatic carbocycles. The Kier molecular flexibility index (Phi) is 5.64. The topological polar surface area (TPSA) is 57.8 Å². The highest BCUT2D eigenvalue weighted by molar-refractivity contribution is 6.32. The molecule has 1 aromatic rings. The van der Waals surface area contributed by atoms with Gasteiger partial charge in [-0.1, -0.05) is 11.6 Å². The second-order valence-electron chi connectivity index (χ2n) is 5.45. The van der Waals surface area contributed by atoms with Crippen LogP contribution in [-0.4, -0.2) is 49.6 Å². The van der Waals surface area contributed by atoms with Crippen molar-refractivity contribution in [3.63, 3.8) is 0 Å². The number of nitrogens with zero attached hydrogens (tertiary/aromatic N) is 2. The number of nitrogens with one attached hydrogen (secondary N) is 1. The fraction of sp³-hybridized carbons (Fsp3) is 0.500. The fourth-order valence-electron chi connectivity index (χ4n) is 2.56. The third kappa shape index (κ3) is 3.90. The van der Waals surface area contributed by atoms with Crippen molar-refractivity contribution in [2.45, 2.75) is 20.0 Å². The molecule has 1 amide bonds. The smallest absolute Gasteiger partial charge is 0.263 e. The minimum atomic E-state index is -0.589. The van der Waals surface area contributed by atoms with Gasteiger partial charge in [0.1, 0.15) is 5.75 Å². The maximum atomic E-state index is 12.4. The van der Waals surface area contributed by atoms with Gasteiger partial charge in [0.25, 0.3) is 5.91 Å². The largest absolute Gasteiger partial charge is 0.479 e. The number of likely N-dealkylation sites (N-methyl/N-ethyl adjacent to an activating group) is 1. The SMILES string of the molecule is CC[NH+]1CCN(C(=O)[C@H](C)Oc2ccc(C#N)cc2Cl)CC1. The number of nitriles is 1. The fourth-order valence-corrected chi connectivity index (χ4v) is 2.79. The Morgan fingerprint density at radius 2 is 2.18 bits per heavy atom.